The highest BCUT2D eigenvalue weighted by Crippen LogP contribution is 2.27. The van der Waals surface area contributed by atoms with Crippen LogP contribution < -0.4 is 4.74 Å². The largest absolute Gasteiger partial charge is 0.488 e. The number of piperidine rings is 1. The molecule has 0 N–H and O–H groups in total. The minimum Gasteiger partial charge on any atom is -0.488 e. The molecule has 1 amide bonds. The van der Waals surface area contributed by atoms with E-state index in [-0.39, 0.29) is 5.91 Å². The first-order chi connectivity index (χ1) is 12.0. The van der Waals surface area contributed by atoms with Crippen molar-refractivity contribution in [2.45, 2.75) is 40.7 Å². The highest BCUT2D eigenvalue weighted by atomic mass is 16.5. The van der Waals surface area contributed by atoms with Gasteiger partial charge in [0.05, 0.1) is 16.8 Å². The Bertz CT molecular complexity index is 724. The first kappa shape index (κ1) is 17.5. The molecule has 0 radical (unpaired) electrons. The number of aromatic nitrogens is 1. The lowest BCUT2D eigenvalue weighted by atomic mass is 9.91. The Morgan fingerprint density at radius 1 is 1.24 bits per heavy atom. The van der Waals surface area contributed by atoms with Crippen LogP contribution in [0.3, 0.4) is 0 Å². The van der Waals surface area contributed by atoms with Crippen LogP contribution in [0, 0.1) is 25.7 Å². The minimum absolute atomic E-state index is 0.0489. The van der Waals surface area contributed by atoms with Crippen LogP contribution in [0.1, 0.15) is 47.6 Å². The third kappa shape index (κ3) is 3.86. The fraction of sp³-hybridized carbons (Fsp3) is 0.500. The summed E-state index contributed by atoms with van der Waals surface area (Å²) in [5.74, 6) is 2.47. The molecule has 1 aromatic heterocycles. The molecular weight excluding hydrogens is 316 g/mol. The number of benzene rings is 1. The summed E-state index contributed by atoms with van der Waals surface area (Å²) in [4.78, 5) is 15.0. The van der Waals surface area contributed by atoms with Crippen molar-refractivity contribution in [3.05, 3.63) is 46.8 Å². The summed E-state index contributed by atoms with van der Waals surface area (Å²) < 4.78 is 11.1. The van der Waals surface area contributed by atoms with Gasteiger partial charge in [-0.3, -0.25) is 4.79 Å². The second-order valence-corrected chi connectivity index (χ2v) is 7.24. The Balaban J connectivity index is 1.77. The van der Waals surface area contributed by atoms with Crippen LogP contribution in [0.15, 0.2) is 28.8 Å². The number of likely N-dealkylation sites (tertiary alicyclic amines) is 1. The van der Waals surface area contributed by atoms with E-state index in [1.807, 2.05) is 43.0 Å². The molecule has 1 fully saturated rings. The number of ether oxygens (including phenoxy) is 1. The van der Waals surface area contributed by atoms with E-state index in [9.17, 15) is 4.79 Å². The fourth-order valence-electron chi connectivity index (χ4n) is 3.63. The first-order valence-corrected chi connectivity index (χ1v) is 8.88. The van der Waals surface area contributed by atoms with E-state index in [0.717, 1.165) is 30.1 Å². The van der Waals surface area contributed by atoms with E-state index in [1.54, 1.807) is 0 Å². The van der Waals surface area contributed by atoms with Crippen molar-refractivity contribution in [3.63, 3.8) is 0 Å². The number of nitrogens with zero attached hydrogens (tertiary/aromatic N) is 2. The van der Waals surface area contributed by atoms with E-state index in [4.69, 9.17) is 9.26 Å². The van der Waals surface area contributed by atoms with Crippen molar-refractivity contribution < 1.29 is 14.1 Å². The number of amides is 1. The molecular formula is C20H26N2O3. The summed E-state index contributed by atoms with van der Waals surface area (Å²) in [7, 11) is 0. The van der Waals surface area contributed by atoms with Crippen LogP contribution in [0.5, 0.6) is 5.75 Å². The maximum Gasteiger partial charge on any atom is 0.257 e. The van der Waals surface area contributed by atoms with Crippen molar-refractivity contribution in [2.24, 2.45) is 11.8 Å². The van der Waals surface area contributed by atoms with Crippen LogP contribution in [-0.4, -0.2) is 29.1 Å². The fourth-order valence-corrected chi connectivity index (χ4v) is 3.63. The standard InChI is InChI=1S/C20H26N2O3/c1-13-9-14(2)11-22(10-13)20(23)17-7-5-6-8-19(17)24-12-18-15(3)21-25-16(18)4/h5-8,13-14H,9-12H2,1-4H3/t13-,14-/m0/s1. The smallest absolute Gasteiger partial charge is 0.257 e. The molecule has 3 rings (SSSR count). The molecule has 134 valence electrons. The highest BCUT2D eigenvalue weighted by molar-refractivity contribution is 5.97. The van der Waals surface area contributed by atoms with E-state index >= 15 is 0 Å². The lowest BCUT2D eigenvalue weighted by Gasteiger charge is -2.35. The third-order valence-corrected chi connectivity index (χ3v) is 4.83. The second kappa shape index (κ2) is 7.30. The SMILES string of the molecule is Cc1noc(C)c1COc1ccccc1C(=O)N1C[C@@H](C)C[C@H](C)C1. The molecule has 1 saturated heterocycles. The first-order valence-electron chi connectivity index (χ1n) is 8.88. The number of carbonyl (C=O) groups excluding carboxylic acids is 1. The summed E-state index contributed by atoms with van der Waals surface area (Å²) in [5.41, 5.74) is 2.37. The number of hydrogen-bond acceptors (Lipinski definition) is 4. The molecule has 0 saturated carbocycles. The van der Waals surface area contributed by atoms with Gasteiger partial charge in [0.15, 0.2) is 0 Å². The summed E-state index contributed by atoms with van der Waals surface area (Å²) >= 11 is 0. The second-order valence-electron chi connectivity index (χ2n) is 7.24. The molecule has 2 heterocycles. The maximum absolute atomic E-state index is 13.0. The van der Waals surface area contributed by atoms with Gasteiger partial charge < -0.3 is 14.2 Å². The molecule has 1 aliphatic rings. The van der Waals surface area contributed by atoms with Gasteiger partial charge in [0, 0.05) is 13.1 Å². The monoisotopic (exact) mass is 342 g/mol. The summed E-state index contributed by atoms with van der Waals surface area (Å²) in [6.45, 7) is 10.1. The molecule has 0 aliphatic carbocycles. The summed E-state index contributed by atoms with van der Waals surface area (Å²) in [6, 6.07) is 7.46. The molecule has 0 unspecified atom stereocenters. The number of hydrogen-bond donors (Lipinski definition) is 0. The molecule has 2 atom stereocenters. The Morgan fingerprint density at radius 2 is 1.92 bits per heavy atom. The number of para-hydroxylation sites is 1. The quantitative estimate of drug-likeness (QED) is 0.843. The van der Waals surface area contributed by atoms with E-state index in [1.165, 1.54) is 6.42 Å². The lowest BCUT2D eigenvalue weighted by molar-refractivity contribution is 0.0618. The van der Waals surface area contributed by atoms with Crippen LogP contribution in [0.4, 0.5) is 0 Å². The molecule has 25 heavy (non-hydrogen) atoms. The van der Waals surface area contributed by atoms with Gasteiger partial charge in [-0.2, -0.15) is 0 Å². The minimum atomic E-state index is 0.0489. The van der Waals surface area contributed by atoms with Gasteiger partial charge in [-0.25, -0.2) is 0 Å². The Labute approximate surface area is 148 Å². The zero-order chi connectivity index (χ0) is 18.0. The third-order valence-electron chi connectivity index (χ3n) is 4.83. The summed E-state index contributed by atoms with van der Waals surface area (Å²) in [6.07, 6.45) is 1.17. The van der Waals surface area contributed by atoms with Crippen LogP contribution in [0.2, 0.25) is 0 Å². The molecule has 5 nitrogen and oxygen atoms in total. The van der Waals surface area contributed by atoms with Crippen molar-refractivity contribution >= 4 is 5.91 Å². The van der Waals surface area contributed by atoms with Crippen molar-refractivity contribution in [1.29, 1.82) is 0 Å². The molecule has 1 aromatic carbocycles. The predicted molar refractivity (Wildman–Crippen MR) is 95.6 cm³/mol. The van der Waals surface area contributed by atoms with Gasteiger partial charge in [0.2, 0.25) is 0 Å². The summed E-state index contributed by atoms with van der Waals surface area (Å²) in [5, 5.41) is 3.95. The van der Waals surface area contributed by atoms with Gasteiger partial charge >= 0.3 is 0 Å². The van der Waals surface area contributed by atoms with Crippen molar-refractivity contribution in [1.82, 2.24) is 10.1 Å². The van der Waals surface area contributed by atoms with E-state index in [0.29, 0.717) is 29.8 Å². The van der Waals surface area contributed by atoms with Crippen LogP contribution in [0.25, 0.3) is 0 Å². The van der Waals surface area contributed by atoms with Crippen LogP contribution in [-0.2, 0) is 6.61 Å². The Morgan fingerprint density at radius 3 is 2.56 bits per heavy atom. The molecule has 5 heteroatoms. The van der Waals surface area contributed by atoms with Gasteiger partial charge in [-0.05, 0) is 44.2 Å². The Kier molecular flexibility index (Phi) is 5.11. The molecule has 2 aromatic rings. The average molecular weight is 342 g/mol. The van der Waals surface area contributed by atoms with Gasteiger partial charge in [0.1, 0.15) is 18.1 Å². The Hall–Kier alpha value is -2.30. The predicted octanol–water partition coefficient (Wildman–Crippen LogP) is 3.99. The van der Waals surface area contributed by atoms with Gasteiger partial charge in [-0.1, -0.05) is 31.1 Å². The van der Waals surface area contributed by atoms with Crippen LogP contribution >= 0.6 is 0 Å². The maximum atomic E-state index is 13.0. The van der Waals surface area contributed by atoms with E-state index < -0.39 is 0 Å². The van der Waals surface area contributed by atoms with Gasteiger partial charge in [0.25, 0.3) is 5.91 Å². The zero-order valence-electron chi connectivity index (χ0n) is 15.4. The number of carbonyl (C=O) groups is 1. The highest BCUT2D eigenvalue weighted by Gasteiger charge is 2.27. The molecule has 0 spiro atoms. The lowest BCUT2D eigenvalue weighted by Crippen LogP contribution is -2.42. The average Bonchev–Trinajstić information content (AvgIpc) is 2.90. The van der Waals surface area contributed by atoms with Crippen molar-refractivity contribution in [2.75, 3.05) is 13.1 Å². The number of rotatable bonds is 4. The topological polar surface area (TPSA) is 55.6 Å². The van der Waals surface area contributed by atoms with Gasteiger partial charge in [-0.15, -0.1) is 0 Å². The number of aryl methyl sites for hydroxylation is 2. The molecule has 0 bridgehead atoms. The molecule has 1 aliphatic heterocycles. The van der Waals surface area contributed by atoms with E-state index in [2.05, 4.69) is 19.0 Å². The normalized spacial score (nSPS) is 20.6. The zero-order valence-corrected chi connectivity index (χ0v) is 15.4. The van der Waals surface area contributed by atoms with Crippen molar-refractivity contribution in [3.8, 4) is 5.75 Å².